The van der Waals surface area contributed by atoms with Crippen LogP contribution in [0.5, 0.6) is 0 Å². The van der Waals surface area contributed by atoms with Crippen molar-refractivity contribution in [2.75, 3.05) is 19.6 Å². The Hall–Kier alpha value is -2.64. The van der Waals surface area contributed by atoms with Gasteiger partial charge in [0, 0.05) is 56.0 Å². The molecule has 2 saturated heterocycles. The van der Waals surface area contributed by atoms with Crippen LogP contribution in [-0.2, 0) is 18.3 Å². The molecule has 7 nitrogen and oxygen atoms in total. The predicted molar refractivity (Wildman–Crippen MR) is 120 cm³/mol. The Labute approximate surface area is 182 Å². The van der Waals surface area contributed by atoms with Crippen molar-refractivity contribution < 1.29 is 9.53 Å². The fraction of sp³-hybridized carbons (Fsp3) is 0.500. The molecule has 1 amide bonds. The van der Waals surface area contributed by atoms with Crippen molar-refractivity contribution in [2.45, 2.75) is 50.9 Å². The van der Waals surface area contributed by atoms with Gasteiger partial charge in [-0.15, -0.1) is 0 Å². The minimum absolute atomic E-state index is 0.0202. The van der Waals surface area contributed by atoms with Crippen molar-refractivity contribution in [3.8, 4) is 0 Å². The second-order valence-electron chi connectivity index (χ2n) is 9.06. The van der Waals surface area contributed by atoms with E-state index in [9.17, 15) is 4.79 Å². The van der Waals surface area contributed by atoms with Gasteiger partial charge >= 0.3 is 0 Å². The summed E-state index contributed by atoms with van der Waals surface area (Å²) in [7, 11) is 1.78. The third-order valence-corrected chi connectivity index (χ3v) is 7.06. The van der Waals surface area contributed by atoms with Crippen molar-refractivity contribution in [2.24, 2.45) is 7.05 Å². The molecule has 164 valence electrons. The zero-order chi connectivity index (χ0) is 21.4. The summed E-state index contributed by atoms with van der Waals surface area (Å²) in [4.78, 5) is 18.4. The highest BCUT2D eigenvalue weighted by Gasteiger charge is 2.42. The molecule has 1 spiro atoms. The number of para-hydroxylation sites is 1. The van der Waals surface area contributed by atoms with Gasteiger partial charge in [-0.3, -0.25) is 14.4 Å². The van der Waals surface area contributed by atoms with E-state index in [1.165, 1.54) is 22.2 Å². The van der Waals surface area contributed by atoms with Gasteiger partial charge in [0.05, 0.1) is 11.7 Å². The Balaban J connectivity index is 1.14. The lowest BCUT2D eigenvalue weighted by Gasteiger charge is -2.39. The molecule has 0 aliphatic carbocycles. The van der Waals surface area contributed by atoms with Crippen LogP contribution in [0.3, 0.4) is 0 Å². The molecule has 7 heteroatoms. The van der Waals surface area contributed by atoms with Gasteiger partial charge < -0.3 is 15.0 Å². The normalized spacial score (nSPS) is 21.2. The zero-order valence-corrected chi connectivity index (χ0v) is 18.4. The standard InChI is InChI=1S/C24H31N5O2/c1-17-20(19-5-3-4-6-21(19)27-17)16-29-13-10-24(11-14-29)9-7-18(31-24)15-25-23(30)22-8-12-26-28(22)2/h3-6,8,12,18,27H,7,9-11,13-16H2,1-2H3,(H,25,30). The maximum atomic E-state index is 12.3. The second kappa shape index (κ2) is 8.13. The van der Waals surface area contributed by atoms with E-state index in [1.54, 1.807) is 24.0 Å². The quantitative estimate of drug-likeness (QED) is 0.664. The largest absolute Gasteiger partial charge is 0.370 e. The Morgan fingerprint density at radius 1 is 1.26 bits per heavy atom. The molecule has 2 aliphatic heterocycles. The lowest BCUT2D eigenvalue weighted by Crippen LogP contribution is -2.45. The number of rotatable bonds is 5. The third kappa shape index (κ3) is 4.00. The second-order valence-corrected chi connectivity index (χ2v) is 9.06. The van der Waals surface area contributed by atoms with Crippen LogP contribution in [0, 0.1) is 6.92 Å². The maximum Gasteiger partial charge on any atom is 0.269 e. The van der Waals surface area contributed by atoms with Crippen LogP contribution in [0.25, 0.3) is 10.9 Å². The molecular weight excluding hydrogens is 390 g/mol. The molecule has 0 saturated carbocycles. The van der Waals surface area contributed by atoms with Crippen molar-refractivity contribution in [1.82, 2.24) is 25.0 Å². The van der Waals surface area contributed by atoms with Gasteiger partial charge in [0.15, 0.2) is 0 Å². The number of aromatic nitrogens is 3. The lowest BCUT2D eigenvalue weighted by molar-refractivity contribution is -0.0764. The molecule has 2 aliphatic rings. The van der Waals surface area contributed by atoms with E-state index >= 15 is 0 Å². The van der Waals surface area contributed by atoms with E-state index < -0.39 is 0 Å². The number of ether oxygens (including phenoxy) is 1. The average molecular weight is 422 g/mol. The molecule has 5 rings (SSSR count). The SMILES string of the molecule is Cc1[nH]c2ccccc2c1CN1CCC2(CCC(CNC(=O)c3ccnn3C)O2)CC1. The number of carbonyl (C=O) groups is 1. The van der Waals surface area contributed by atoms with E-state index in [0.29, 0.717) is 12.2 Å². The number of aromatic amines is 1. The molecule has 0 radical (unpaired) electrons. The molecular formula is C24H31N5O2. The minimum Gasteiger partial charge on any atom is -0.370 e. The number of amides is 1. The molecule has 4 heterocycles. The van der Waals surface area contributed by atoms with Crippen LogP contribution in [0.2, 0.25) is 0 Å². The number of nitrogens with one attached hydrogen (secondary N) is 2. The number of hydrogen-bond donors (Lipinski definition) is 2. The summed E-state index contributed by atoms with van der Waals surface area (Å²) in [5, 5.41) is 8.41. The molecule has 2 aromatic heterocycles. The third-order valence-electron chi connectivity index (χ3n) is 7.06. The molecule has 1 unspecified atom stereocenters. The fourth-order valence-electron chi connectivity index (χ4n) is 5.18. The molecule has 3 aromatic rings. The van der Waals surface area contributed by atoms with Gasteiger partial charge in [-0.2, -0.15) is 5.10 Å². The average Bonchev–Trinajstić information content (AvgIpc) is 3.46. The number of aryl methyl sites for hydroxylation is 2. The summed E-state index contributed by atoms with van der Waals surface area (Å²) >= 11 is 0. The van der Waals surface area contributed by atoms with Crippen LogP contribution in [0.4, 0.5) is 0 Å². The monoisotopic (exact) mass is 421 g/mol. The highest BCUT2D eigenvalue weighted by molar-refractivity contribution is 5.92. The topological polar surface area (TPSA) is 75.2 Å². The number of piperidine rings is 1. The van der Waals surface area contributed by atoms with Gasteiger partial charge in [-0.1, -0.05) is 18.2 Å². The predicted octanol–water partition coefficient (Wildman–Crippen LogP) is 3.15. The maximum absolute atomic E-state index is 12.3. The first kappa shape index (κ1) is 20.3. The summed E-state index contributed by atoms with van der Waals surface area (Å²) in [6, 6.07) is 10.3. The molecule has 2 N–H and O–H groups in total. The summed E-state index contributed by atoms with van der Waals surface area (Å²) in [6.45, 7) is 5.81. The molecule has 2 fully saturated rings. The number of likely N-dealkylation sites (tertiary alicyclic amines) is 1. The first-order valence-corrected chi connectivity index (χ1v) is 11.3. The molecule has 1 atom stereocenters. The van der Waals surface area contributed by atoms with Crippen LogP contribution in [0.15, 0.2) is 36.5 Å². The highest BCUT2D eigenvalue weighted by atomic mass is 16.5. The molecule has 0 bridgehead atoms. The number of H-pyrrole nitrogens is 1. The summed E-state index contributed by atoms with van der Waals surface area (Å²) in [5.74, 6) is -0.0894. The number of benzene rings is 1. The first-order chi connectivity index (χ1) is 15.0. The van der Waals surface area contributed by atoms with Crippen molar-refractivity contribution in [1.29, 1.82) is 0 Å². The first-order valence-electron chi connectivity index (χ1n) is 11.3. The van der Waals surface area contributed by atoms with Crippen molar-refractivity contribution in [3.05, 3.63) is 53.5 Å². The van der Waals surface area contributed by atoms with E-state index in [2.05, 4.69) is 51.5 Å². The van der Waals surface area contributed by atoms with Crippen molar-refractivity contribution >= 4 is 16.8 Å². The van der Waals surface area contributed by atoms with Crippen molar-refractivity contribution in [3.63, 3.8) is 0 Å². The van der Waals surface area contributed by atoms with E-state index in [4.69, 9.17) is 4.74 Å². The van der Waals surface area contributed by atoms with E-state index in [-0.39, 0.29) is 17.6 Å². The number of nitrogens with zero attached hydrogens (tertiary/aromatic N) is 3. The Bertz CT molecular complexity index is 1080. The van der Waals surface area contributed by atoms with Gasteiger partial charge in [0.1, 0.15) is 5.69 Å². The Morgan fingerprint density at radius 2 is 2.06 bits per heavy atom. The van der Waals surface area contributed by atoms with Crippen LogP contribution >= 0.6 is 0 Å². The van der Waals surface area contributed by atoms with Crippen LogP contribution < -0.4 is 5.32 Å². The van der Waals surface area contributed by atoms with E-state index in [1.807, 2.05) is 0 Å². The summed E-state index contributed by atoms with van der Waals surface area (Å²) in [6.07, 6.45) is 5.94. The zero-order valence-electron chi connectivity index (χ0n) is 18.4. The van der Waals surface area contributed by atoms with Gasteiger partial charge in [0.2, 0.25) is 0 Å². The van der Waals surface area contributed by atoms with Gasteiger partial charge in [0.25, 0.3) is 5.91 Å². The summed E-state index contributed by atoms with van der Waals surface area (Å²) < 4.78 is 8.09. The Morgan fingerprint density at radius 3 is 2.84 bits per heavy atom. The number of carbonyl (C=O) groups excluding carboxylic acids is 1. The molecule has 1 aromatic carbocycles. The highest BCUT2D eigenvalue weighted by Crippen LogP contribution is 2.39. The fourth-order valence-corrected chi connectivity index (χ4v) is 5.18. The smallest absolute Gasteiger partial charge is 0.269 e. The van der Waals surface area contributed by atoms with Crippen LogP contribution in [-0.4, -0.2) is 56.9 Å². The summed E-state index contributed by atoms with van der Waals surface area (Å²) in [5.41, 5.74) is 4.46. The minimum atomic E-state index is -0.0894. The lowest BCUT2D eigenvalue weighted by atomic mass is 9.88. The van der Waals surface area contributed by atoms with Crippen LogP contribution in [0.1, 0.15) is 47.4 Å². The van der Waals surface area contributed by atoms with Gasteiger partial charge in [-0.05, 0) is 50.3 Å². The Kier molecular flexibility index (Phi) is 5.32. The number of hydrogen-bond acceptors (Lipinski definition) is 4. The van der Waals surface area contributed by atoms with E-state index in [0.717, 1.165) is 45.3 Å². The number of fused-ring (bicyclic) bond motifs is 1. The van der Waals surface area contributed by atoms with Gasteiger partial charge in [-0.25, -0.2) is 0 Å². The molecule has 31 heavy (non-hydrogen) atoms.